The topological polar surface area (TPSA) is 100 Å². The molecule has 0 spiro atoms. The molecule has 1 N–H and O–H groups in total. The molecule has 9 nitrogen and oxygen atoms in total. The molecule has 0 fully saturated rings. The predicted octanol–water partition coefficient (Wildman–Crippen LogP) is 0.723. The largest absolute Gasteiger partial charge is 0.385 e. The quantitative estimate of drug-likeness (QED) is 0.644. The van der Waals surface area contributed by atoms with E-state index in [1.54, 1.807) is 37.1 Å². The fourth-order valence-electron chi connectivity index (χ4n) is 3.05. The third kappa shape index (κ3) is 3.41. The van der Waals surface area contributed by atoms with Crippen LogP contribution in [0.25, 0.3) is 11.0 Å². The molecule has 0 bridgehead atoms. The van der Waals surface area contributed by atoms with Crippen LogP contribution in [0.4, 0.5) is 5.69 Å². The summed E-state index contributed by atoms with van der Waals surface area (Å²) in [7, 11) is 4.59. The van der Waals surface area contributed by atoms with Gasteiger partial charge in [-0.1, -0.05) is 0 Å². The molecule has 0 radical (unpaired) electrons. The first-order chi connectivity index (χ1) is 13.0. The molecule has 0 aromatic carbocycles. The van der Waals surface area contributed by atoms with Crippen LogP contribution < -0.4 is 16.6 Å². The number of anilines is 1. The summed E-state index contributed by atoms with van der Waals surface area (Å²) >= 11 is 0. The Balaban J connectivity index is 2.15. The fourth-order valence-corrected chi connectivity index (χ4v) is 3.05. The molecule has 0 aliphatic carbocycles. The minimum Gasteiger partial charge on any atom is -0.385 e. The van der Waals surface area contributed by atoms with Gasteiger partial charge in [0.15, 0.2) is 0 Å². The van der Waals surface area contributed by atoms with Crippen molar-refractivity contribution in [2.24, 2.45) is 14.1 Å². The molecule has 0 aliphatic heterocycles. The van der Waals surface area contributed by atoms with Crippen LogP contribution in [0.5, 0.6) is 0 Å². The van der Waals surface area contributed by atoms with Gasteiger partial charge >= 0.3 is 5.69 Å². The maximum atomic E-state index is 12.8. The number of rotatable bonds is 6. The van der Waals surface area contributed by atoms with E-state index in [2.05, 4.69) is 10.3 Å². The van der Waals surface area contributed by atoms with Crippen LogP contribution in [-0.4, -0.2) is 38.3 Å². The van der Waals surface area contributed by atoms with E-state index in [1.807, 2.05) is 0 Å². The molecule has 3 aromatic heterocycles. The first-order valence-corrected chi connectivity index (χ1v) is 8.45. The number of aromatic nitrogens is 4. The van der Waals surface area contributed by atoms with Crippen molar-refractivity contribution in [1.29, 1.82) is 0 Å². The Morgan fingerprint density at radius 1 is 1.26 bits per heavy atom. The lowest BCUT2D eigenvalue weighted by Crippen LogP contribution is -2.37. The molecular weight excluding hydrogens is 350 g/mol. The van der Waals surface area contributed by atoms with Crippen LogP contribution >= 0.6 is 0 Å². The minimum atomic E-state index is -0.446. The number of amides is 1. The normalized spacial score (nSPS) is 11.1. The first-order valence-electron chi connectivity index (χ1n) is 8.45. The van der Waals surface area contributed by atoms with Gasteiger partial charge in [-0.3, -0.25) is 23.7 Å². The lowest BCUT2D eigenvalue weighted by atomic mass is 10.3. The minimum absolute atomic E-state index is 0.295. The maximum absolute atomic E-state index is 12.8. The van der Waals surface area contributed by atoms with Gasteiger partial charge in [0.25, 0.3) is 11.5 Å². The number of hydrogen-bond donors (Lipinski definition) is 1. The van der Waals surface area contributed by atoms with E-state index in [-0.39, 0.29) is 5.91 Å². The van der Waals surface area contributed by atoms with Gasteiger partial charge in [-0.25, -0.2) is 4.79 Å². The Bertz CT molecular complexity index is 1090. The highest BCUT2D eigenvalue weighted by molar-refractivity contribution is 6.05. The van der Waals surface area contributed by atoms with Gasteiger partial charge in [-0.05, 0) is 24.6 Å². The Morgan fingerprint density at radius 2 is 2.04 bits per heavy atom. The van der Waals surface area contributed by atoms with Crippen molar-refractivity contribution in [3.8, 4) is 0 Å². The summed E-state index contributed by atoms with van der Waals surface area (Å²) in [6, 6.07) is 4.95. The van der Waals surface area contributed by atoms with Gasteiger partial charge in [0.05, 0.1) is 17.3 Å². The number of fused-ring (bicyclic) bond motifs is 1. The van der Waals surface area contributed by atoms with Crippen LogP contribution in [0.3, 0.4) is 0 Å². The Kier molecular flexibility index (Phi) is 5.22. The number of carbonyl (C=O) groups excluding carboxylic acids is 1. The molecule has 0 saturated heterocycles. The Hall–Kier alpha value is -3.20. The molecule has 3 rings (SSSR count). The molecule has 0 atom stereocenters. The van der Waals surface area contributed by atoms with Crippen molar-refractivity contribution >= 4 is 22.6 Å². The van der Waals surface area contributed by atoms with Crippen molar-refractivity contribution in [1.82, 2.24) is 18.7 Å². The van der Waals surface area contributed by atoms with Gasteiger partial charge < -0.3 is 14.6 Å². The molecule has 142 valence electrons. The van der Waals surface area contributed by atoms with Gasteiger partial charge in [0, 0.05) is 40.6 Å². The third-order valence-electron chi connectivity index (χ3n) is 4.38. The third-order valence-corrected chi connectivity index (χ3v) is 4.38. The van der Waals surface area contributed by atoms with E-state index in [0.717, 1.165) is 4.57 Å². The summed E-state index contributed by atoms with van der Waals surface area (Å²) in [4.78, 5) is 41.7. The highest BCUT2D eigenvalue weighted by Crippen LogP contribution is 2.18. The van der Waals surface area contributed by atoms with E-state index in [9.17, 15) is 14.4 Å². The highest BCUT2D eigenvalue weighted by atomic mass is 16.5. The maximum Gasteiger partial charge on any atom is 0.332 e. The summed E-state index contributed by atoms with van der Waals surface area (Å²) in [5, 5.41) is 3.08. The lowest BCUT2D eigenvalue weighted by molar-refractivity contribution is 0.101. The SMILES string of the molecule is COCCCn1c(C(=O)Nc2cccnc2)cc2c(=O)n(C)c(=O)n(C)c21. The molecule has 9 heteroatoms. The van der Waals surface area contributed by atoms with Crippen molar-refractivity contribution < 1.29 is 9.53 Å². The lowest BCUT2D eigenvalue weighted by Gasteiger charge is -2.13. The number of ether oxygens (including phenoxy) is 1. The summed E-state index contributed by atoms with van der Waals surface area (Å²) in [5.74, 6) is -0.383. The molecule has 0 aliphatic rings. The van der Waals surface area contributed by atoms with Crippen molar-refractivity contribution in [2.75, 3.05) is 19.0 Å². The zero-order valence-electron chi connectivity index (χ0n) is 15.4. The van der Waals surface area contributed by atoms with Crippen LogP contribution in [0.2, 0.25) is 0 Å². The number of pyridine rings is 1. The molecule has 3 aromatic rings. The van der Waals surface area contributed by atoms with Crippen LogP contribution in [0.1, 0.15) is 16.9 Å². The van der Waals surface area contributed by atoms with E-state index in [1.165, 1.54) is 23.9 Å². The summed E-state index contributed by atoms with van der Waals surface area (Å²) in [5.41, 5.74) is 0.364. The van der Waals surface area contributed by atoms with E-state index >= 15 is 0 Å². The second-order valence-corrected chi connectivity index (χ2v) is 6.17. The Morgan fingerprint density at radius 3 is 2.70 bits per heavy atom. The molecule has 3 heterocycles. The number of hydrogen-bond acceptors (Lipinski definition) is 5. The average molecular weight is 371 g/mol. The zero-order chi connectivity index (χ0) is 19.6. The smallest absolute Gasteiger partial charge is 0.332 e. The van der Waals surface area contributed by atoms with Gasteiger partial charge in [-0.2, -0.15) is 0 Å². The van der Waals surface area contributed by atoms with E-state index < -0.39 is 11.2 Å². The molecule has 0 unspecified atom stereocenters. The molecule has 1 amide bonds. The van der Waals surface area contributed by atoms with E-state index in [4.69, 9.17) is 4.74 Å². The molecular formula is C18H21N5O4. The number of nitrogens with one attached hydrogen (secondary N) is 1. The standard InChI is InChI=1S/C18H21N5O4/c1-21-16-13(17(25)22(2)18(21)26)10-14(23(16)8-5-9-27-3)15(24)20-12-6-4-7-19-11-12/h4,6-7,10-11H,5,8-9H2,1-3H3,(H,20,24). The zero-order valence-corrected chi connectivity index (χ0v) is 15.4. The second-order valence-electron chi connectivity index (χ2n) is 6.17. The van der Waals surface area contributed by atoms with E-state index in [0.29, 0.717) is 42.0 Å². The molecule has 27 heavy (non-hydrogen) atoms. The van der Waals surface area contributed by atoms with Gasteiger partial charge in [0.2, 0.25) is 0 Å². The number of aryl methyl sites for hydroxylation is 2. The second kappa shape index (κ2) is 7.58. The van der Waals surface area contributed by atoms with Crippen molar-refractivity contribution in [3.63, 3.8) is 0 Å². The number of nitrogens with zero attached hydrogens (tertiary/aromatic N) is 4. The van der Waals surface area contributed by atoms with Crippen LogP contribution in [0, 0.1) is 0 Å². The summed E-state index contributed by atoms with van der Waals surface area (Å²) in [6.07, 6.45) is 3.76. The number of carbonyl (C=O) groups is 1. The van der Waals surface area contributed by atoms with Gasteiger partial charge in [-0.15, -0.1) is 0 Å². The monoisotopic (exact) mass is 371 g/mol. The summed E-state index contributed by atoms with van der Waals surface area (Å²) < 4.78 is 9.18. The van der Waals surface area contributed by atoms with Crippen molar-refractivity contribution in [2.45, 2.75) is 13.0 Å². The average Bonchev–Trinajstić information content (AvgIpc) is 3.05. The van der Waals surface area contributed by atoms with Crippen LogP contribution in [-0.2, 0) is 25.4 Å². The predicted molar refractivity (Wildman–Crippen MR) is 101 cm³/mol. The van der Waals surface area contributed by atoms with Crippen molar-refractivity contribution in [3.05, 3.63) is 57.1 Å². The fraction of sp³-hybridized carbons (Fsp3) is 0.333. The highest BCUT2D eigenvalue weighted by Gasteiger charge is 2.21. The van der Waals surface area contributed by atoms with Gasteiger partial charge in [0.1, 0.15) is 11.3 Å². The molecule has 0 saturated carbocycles. The van der Waals surface area contributed by atoms with Crippen LogP contribution in [0.15, 0.2) is 40.2 Å². The number of methoxy groups -OCH3 is 1. The summed E-state index contributed by atoms with van der Waals surface area (Å²) in [6.45, 7) is 0.912. The first kappa shape index (κ1) is 18.6. The Labute approximate surface area is 154 Å².